The topological polar surface area (TPSA) is 52.6 Å². The second-order valence-corrected chi connectivity index (χ2v) is 7.03. The van der Waals surface area contributed by atoms with Crippen molar-refractivity contribution in [2.45, 2.75) is 76.7 Å². The molecule has 2 rings (SSSR count). The zero-order valence-electron chi connectivity index (χ0n) is 13.2. The molecule has 126 valence electrons. The van der Waals surface area contributed by atoms with Gasteiger partial charge in [0.15, 0.2) is 6.10 Å². The molecule has 0 bridgehead atoms. The minimum atomic E-state index is -0.921. The van der Waals surface area contributed by atoms with Crippen LogP contribution in [0.3, 0.4) is 0 Å². The maximum atomic E-state index is 12.2. The Balaban J connectivity index is 1.80. The van der Waals surface area contributed by atoms with Gasteiger partial charge in [-0.3, -0.25) is 0 Å². The van der Waals surface area contributed by atoms with Crippen molar-refractivity contribution in [3.63, 3.8) is 0 Å². The lowest BCUT2D eigenvalue weighted by Crippen LogP contribution is -2.32. The highest BCUT2D eigenvalue weighted by Gasteiger charge is 2.29. The summed E-state index contributed by atoms with van der Waals surface area (Å²) in [6.07, 6.45) is 11.5. The Hall–Kier alpha value is -0.770. The van der Waals surface area contributed by atoms with E-state index in [0.29, 0.717) is 24.9 Å². The first kappa shape index (κ1) is 17.6. The van der Waals surface area contributed by atoms with Crippen molar-refractivity contribution in [1.29, 1.82) is 0 Å². The molecule has 1 unspecified atom stereocenters. The number of carbonyl (C=O) groups excluding carboxylic acids is 2. The van der Waals surface area contributed by atoms with Gasteiger partial charge < -0.3 is 9.47 Å². The van der Waals surface area contributed by atoms with Crippen LogP contribution in [-0.2, 0) is 14.3 Å². The van der Waals surface area contributed by atoms with E-state index in [0.717, 1.165) is 25.7 Å². The van der Waals surface area contributed by atoms with E-state index in [4.69, 9.17) is 21.1 Å². The third kappa shape index (κ3) is 6.15. The molecule has 1 atom stereocenters. The molecule has 0 amide bonds. The maximum absolute atomic E-state index is 12.2. The van der Waals surface area contributed by atoms with Crippen molar-refractivity contribution < 1.29 is 19.1 Å². The summed E-state index contributed by atoms with van der Waals surface area (Å²) < 4.78 is 10.4. The molecule has 0 aromatic heterocycles. The minimum Gasteiger partial charge on any atom is -0.463 e. The van der Waals surface area contributed by atoms with Crippen LogP contribution in [0.5, 0.6) is 0 Å². The number of carbonyl (C=O) groups is 2. The average Bonchev–Trinajstić information content (AvgIpc) is 2.53. The van der Waals surface area contributed by atoms with Gasteiger partial charge in [-0.15, -0.1) is 0 Å². The molecule has 0 heterocycles. The summed E-state index contributed by atoms with van der Waals surface area (Å²) in [6, 6.07) is 0. The summed E-state index contributed by atoms with van der Waals surface area (Å²) in [6.45, 7) is 0.444. The highest BCUT2D eigenvalue weighted by atomic mass is 35.5. The zero-order chi connectivity index (χ0) is 15.8. The van der Waals surface area contributed by atoms with Gasteiger partial charge in [-0.2, -0.15) is 0 Å². The Morgan fingerprint density at radius 1 is 0.909 bits per heavy atom. The monoisotopic (exact) mass is 330 g/mol. The maximum Gasteiger partial charge on any atom is 0.404 e. The average molecular weight is 331 g/mol. The quantitative estimate of drug-likeness (QED) is 0.517. The molecule has 22 heavy (non-hydrogen) atoms. The minimum absolute atomic E-state index is 0.426. The molecule has 0 aliphatic heterocycles. The molecule has 4 nitrogen and oxygen atoms in total. The highest BCUT2D eigenvalue weighted by molar-refractivity contribution is 6.61. The molecular weight excluding hydrogens is 304 g/mol. The predicted molar refractivity (Wildman–Crippen MR) is 84.8 cm³/mol. The van der Waals surface area contributed by atoms with Gasteiger partial charge in [0, 0.05) is 11.6 Å². The van der Waals surface area contributed by atoms with Crippen LogP contribution in [0.25, 0.3) is 0 Å². The van der Waals surface area contributed by atoms with Crippen molar-refractivity contribution >= 4 is 23.0 Å². The first-order valence-electron chi connectivity index (χ1n) is 8.68. The van der Waals surface area contributed by atoms with Crippen LogP contribution in [0, 0.1) is 11.8 Å². The van der Waals surface area contributed by atoms with Gasteiger partial charge in [0.05, 0.1) is 6.61 Å². The van der Waals surface area contributed by atoms with Crippen molar-refractivity contribution in [1.82, 2.24) is 0 Å². The van der Waals surface area contributed by atoms with E-state index in [1.165, 1.54) is 38.5 Å². The summed E-state index contributed by atoms with van der Waals surface area (Å²) in [5.41, 5.74) is -0.921. The number of esters is 1. The van der Waals surface area contributed by atoms with Crippen LogP contribution in [0.15, 0.2) is 0 Å². The van der Waals surface area contributed by atoms with Gasteiger partial charge in [0.25, 0.3) is 0 Å². The van der Waals surface area contributed by atoms with E-state index >= 15 is 0 Å². The van der Waals surface area contributed by atoms with Crippen LogP contribution in [0.4, 0.5) is 4.79 Å². The largest absolute Gasteiger partial charge is 0.463 e. The third-order valence-electron chi connectivity index (χ3n) is 4.96. The third-order valence-corrected chi connectivity index (χ3v) is 5.05. The molecular formula is C17H27ClO4. The molecule has 0 radical (unpaired) electrons. The second-order valence-electron chi connectivity index (χ2n) is 6.72. The Kier molecular flexibility index (Phi) is 7.50. The fourth-order valence-electron chi connectivity index (χ4n) is 3.68. The molecule has 0 spiro atoms. The molecule has 2 aliphatic rings. The molecule has 2 aliphatic carbocycles. The highest BCUT2D eigenvalue weighted by Crippen LogP contribution is 2.29. The van der Waals surface area contributed by atoms with Gasteiger partial charge in [-0.1, -0.05) is 51.4 Å². The normalized spacial score (nSPS) is 22.0. The number of hydrogen-bond donors (Lipinski definition) is 0. The standard InChI is InChI=1S/C17H27ClO4/c18-17(20)22-15(11-13-7-3-1-4-8-13)16(19)21-12-14-9-5-2-6-10-14/h13-15H,1-12H2. The number of ether oxygens (including phenoxy) is 2. The summed E-state index contributed by atoms with van der Waals surface area (Å²) in [7, 11) is 0. The molecule has 0 aromatic rings. The van der Waals surface area contributed by atoms with Gasteiger partial charge >= 0.3 is 11.4 Å². The molecule has 5 heteroatoms. The lowest BCUT2D eigenvalue weighted by Gasteiger charge is -2.26. The summed E-state index contributed by atoms with van der Waals surface area (Å²) in [5.74, 6) is 0.460. The smallest absolute Gasteiger partial charge is 0.404 e. The summed E-state index contributed by atoms with van der Waals surface area (Å²) in [4.78, 5) is 23.3. The van der Waals surface area contributed by atoms with Crippen molar-refractivity contribution in [3.05, 3.63) is 0 Å². The first-order chi connectivity index (χ1) is 10.6. The molecule has 0 aromatic carbocycles. The van der Waals surface area contributed by atoms with E-state index in [1.807, 2.05) is 0 Å². The van der Waals surface area contributed by atoms with Gasteiger partial charge in [-0.25, -0.2) is 9.59 Å². The van der Waals surface area contributed by atoms with Crippen LogP contribution < -0.4 is 0 Å². The van der Waals surface area contributed by atoms with Crippen molar-refractivity contribution in [2.75, 3.05) is 6.61 Å². The SMILES string of the molecule is O=C(Cl)OC(CC1CCCCC1)C(=O)OCC1CCCCC1. The number of rotatable bonds is 6. The lowest BCUT2D eigenvalue weighted by molar-refractivity contribution is -0.156. The van der Waals surface area contributed by atoms with Crippen LogP contribution in [-0.4, -0.2) is 24.1 Å². The Morgan fingerprint density at radius 3 is 2.00 bits per heavy atom. The zero-order valence-corrected chi connectivity index (χ0v) is 14.0. The fourth-order valence-corrected chi connectivity index (χ4v) is 3.78. The molecule has 2 fully saturated rings. The Morgan fingerprint density at radius 2 is 1.45 bits per heavy atom. The van der Waals surface area contributed by atoms with E-state index in [-0.39, 0.29) is 0 Å². The van der Waals surface area contributed by atoms with Crippen molar-refractivity contribution in [3.8, 4) is 0 Å². The molecule has 2 saturated carbocycles. The first-order valence-corrected chi connectivity index (χ1v) is 9.05. The summed E-state index contributed by atoms with van der Waals surface area (Å²) in [5, 5.41) is 0. The Bertz CT molecular complexity index is 360. The van der Waals surface area contributed by atoms with E-state index in [1.54, 1.807) is 0 Å². The van der Waals surface area contributed by atoms with Gasteiger partial charge in [0.2, 0.25) is 0 Å². The Labute approximate surface area is 137 Å². The van der Waals surface area contributed by atoms with Crippen LogP contribution in [0.2, 0.25) is 0 Å². The van der Waals surface area contributed by atoms with Gasteiger partial charge in [0.1, 0.15) is 0 Å². The van der Waals surface area contributed by atoms with Gasteiger partial charge in [-0.05, 0) is 31.1 Å². The van der Waals surface area contributed by atoms with Crippen LogP contribution >= 0.6 is 11.6 Å². The van der Waals surface area contributed by atoms with E-state index in [2.05, 4.69) is 0 Å². The van der Waals surface area contributed by atoms with E-state index < -0.39 is 17.5 Å². The predicted octanol–water partition coefficient (Wildman–Crippen LogP) is 4.82. The molecule has 0 saturated heterocycles. The van der Waals surface area contributed by atoms with Crippen LogP contribution in [0.1, 0.15) is 70.6 Å². The lowest BCUT2D eigenvalue weighted by atomic mass is 9.85. The van der Waals surface area contributed by atoms with Crippen molar-refractivity contribution in [2.24, 2.45) is 11.8 Å². The fraction of sp³-hybridized carbons (Fsp3) is 0.882. The molecule has 0 N–H and O–H groups in total. The second kappa shape index (κ2) is 9.39. The summed E-state index contributed by atoms with van der Waals surface area (Å²) >= 11 is 5.31. The number of halogens is 1. The number of hydrogen-bond acceptors (Lipinski definition) is 4. The van der Waals surface area contributed by atoms with E-state index in [9.17, 15) is 9.59 Å².